The molecular formula is C17H29NO3. The summed E-state index contributed by atoms with van der Waals surface area (Å²) in [6, 6.07) is -0.177. The molecule has 4 heteroatoms. The number of carboxylic acids is 1. The summed E-state index contributed by atoms with van der Waals surface area (Å²) in [5.74, 6) is -0.348. The molecule has 0 spiro atoms. The lowest BCUT2D eigenvalue weighted by Gasteiger charge is -2.43. The average molecular weight is 295 g/mol. The number of piperidine rings is 1. The molecule has 1 amide bonds. The Morgan fingerprint density at radius 2 is 1.86 bits per heavy atom. The molecule has 4 atom stereocenters. The van der Waals surface area contributed by atoms with E-state index in [4.69, 9.17) is 0 Å². The van der Waals surface area contributed by atoms with Gasteiger partial charge in [-0.15, -0.1) is 0 Å². The van der Waals surface area contributed by atoms with E-state index in [1.54, 1.807) is 0 Å². The van der Waals surface area contributed by atoms with Gasteiger partial charge in [-0.25, -0.2) is 0 Å². The van der Waals surface area contributed by atoms with Crippen LogP contribution in [-0.4, -0.2) is 34.5 Å². The van der Waals surface area contributed by atoms with Gasteiger partial charge < -0.3 is 10.0 Å². The second-order valence-corrected chi connectivity index (χ2v) is 7.97. The van der Waals surface area contributed by atoms with E-state index in [-0.39, 0.29) is 23.3 Å². The molecule has 2 fully saturated rings. The lowest BCUT2D eigenvalue weighted by atomic mass is 9.67. The van der Waals surface area contributed by atoms with Gasteiger partial charge in [-0.2, -0.15) is 0 Å². The van der Waals surface area contributed by atoms with Crippen molar-refractivity contribution < 1.29 is 14.7 Å². The Hall–Kier alpha value is -1.06. The summed E-state index contributed by atoms with van der Waals surface area (Å²) in [4.78, 5) is 26.1. The third-order valence-electron chi connectivity index (χ3n) is 5.32. The molecule has 1 saturated heterocycles. The van der Waals surface area contributed by atoms with Gasteiger partial charge in [-0.05, 0) is 50.4 Å². The van der Waals surface area contributed by atoms with E-state index in [0.717, 1.165) is 25.8 Å². The molecule has 1 N–H and O–H groups in total. The minimum atomic E-state index is -0.766. The second kappa shape index (κ2) is 5.98. The predicted molar refractivity (Wildman–Crippen MR) is 81.8 cm³/mol. The number of carbonyl (C=O) groups excluding carboxylic acids is 1. The van der Waals surface area contributed by atoms with Gasteiger partial charge in [-0.1, -0.05) is 20.8 Å². The number of nitrogens with zero attached hydrogens (tertiary/aromatic N) is 1. The van der Waals surface area contributed by atoms with E-state index in [0.29, 0.717) is 12.3 Å². The fourth-order valence-electron chi connectivity index (χ4n) is 4.55. The zero-order chi connectivity index (χ0) is 15.8. The molecule has 21 heavy (non-hydrogen) atoms. The first kappa shape index (κ1) is 16.3. The van der Waals surface area contributed by atoms with Gasteiger partial charge in [0.15, 0.2) is 0 Å². The van der Waals surface area contributed by atoms with Gasteiger partial charge in [-0.3, -0.25) is 9.59 Å². The Labute approximate surface area is 127 Å². The highest BCUT2D eigenvalue weighted by Gasteiger charge is 2.41. The van der Waals surface area contributed by atoms with Crippen LogP contribution in [0.2, 0.25) is 0 Å². The van der Waals surface area contributed by atoms with E-state index in [1.165, 1.54) is 6.42 Å². The Bertz CT molecular complexity index is 418. The third kappa shape index (κ3) is 3.58. The van der Waals surface area contributed by atoms with E-state index in [9.17, 15) is 14.7 Å². The van der Waals surface area contributed by atoms with Crippen molar-refractivity contribution in [2.24, 2.45) is 23.2 Å². The Morgan fingerprint density at radius 3 is 2.43 bits per heavy atom. The SMILES string of the molecule is CC1CC(C(=O)N2CCC[C@H](C(=O)O)[C@@H]2C)CC(C)(C)C1. The van der Waals surface area contributed by atoms with E-state index >= 15 is 0 Å². The van der Waals surface area contributed by atoms with Crippen LogP contribution in [0.5, 0.6) is 0 Å². The highest BCUT2D eigenvalue weighted by molar-refractivity contribution is 5.81. The molecule has 1 heterocycles. The van der Waals surface area contributed by atoms with Crippen molar-refractivity contribution in [2.75, 3.05) is 6.54 Å². The highest BCUT2D eigenvalue weighted by atomic mass is 16.4. The van der Waals surface area contributed by atoms with Crippen molar-refractivity contribution in [2.45, 2.75) is 65.8 Å². The number of carbonyl (C=O) groups is 2. The van der Waals surface area contributed by atoms with Crippen LogP contribution < -0.4 is 0 Å². The first-order valence-electron chi connectivity index (χ1n) is 8.24. The topological polar surface area (TPSA) is 57.6 Å². The Kier molecular flexibility index (Phi) is 4.64. The quantitative estimate of drug-likeness (QED) is 0.851. The minimum Gasteiger partial charge on any atom is -0.481 e. The summed E-state index contributed by atoms with van der Waals surface area (Å²) in [5, 5.41) is 9.31. The zero-order valence-corrected chi connectivity index (χ0v) is 13.8. The fourth-order valence-corrected chi connectivity index (χ4v) is 4.55. The van der Waals surface area contributed by atoms with Crippen LogP contribution in [0.25, 0.3) is 0 Å². The number of likely N-dealkylation sites (tertiary alicyclic amines) is 1. The molecule has 120 valence electrons. The van der Waals surface area contributed by atoms with Crippen LogP contribution in [0.3, 0.4) is 0 Å². The number of carboxylic acid groups (broad SMARTS) is 1. The van der Waals surface area contributed by atoms with Gasteiger partial charge in [0.25, 0.3) is 0 Å². The first-order chi connectivity index (χ1) is 9.71. The normalized spacial score (nSPS) is 36.3. The van der Waals surface area contributed by atoms with Crippen LogP contribution in [0, 0.1) is 23.2 Å². The molecule has 0 radical (unpaired) electrons. The lowest BCUT2D eigenvalue weighted by molar-refractivity contribution is -0.152. The number of hydrogen-bond acceptors (Lipinski definition) is 2. The van der Waals surface area contributed by atoms with Crippen molar-refractivity contribution in [3.8, 4) is 0 Å². The summed E-state index contributed by atoms with van der Waals surface area (Å²) in [6.07, 6.45) is 4.54. The Balaban J connectivity index is 2.10. The maximum Gasteiger partial charge on any atom is 0.308 e. The lowest BCUT2D eigenvalue weighted by Crippen LogP contribution is -2.52. The number of rotatable bonds is 2. The molecule has 1 aliphatic carbocycles. The van der Waals surface area contributed by atoms with Gasteiger partial charge in [0.1, 0.15) is 0 Å². The molecule has 1 aliphatic heterocycles. The Morgan fingerprint density at radius 1 is 1.19 bits per heavy atom. The maximum absolute atomic E-state index is 12.9. The van der Waals surface area contributed by atoms with Gasteiger partial charge in [0.2, 0.25) is 5.91 Å². The molecule has 2 unspecified atom stereocenters. The van der Waals surface area contributed by atoms with Crippen molar-refractivity contribution in [3.63, 3.8) is 0 Å². The second-order valence-electron chi connectivity index (χ2n) is 7.97. The largest absolute Gasteiger partial charge is 0.481 e. The predicted octanol–water partition coefficient (Wildman–Crippen LogP) is 3.16. The monoisotopic (exact) mass is 295 g/mol. The van der Waals surface area contributed by atoms with E-state index in [2.05, 4.69) is 20.8 Å². The summed E-state index contributed by atoms with van der Waals surface area (Å²) < 4.78 is 0. The van der Waals surface area contributed by atoms with Crippen molar-refractivity contribution in [1.29, 1.82) is 0 Å². The smallest absolute Gasteiger partial charge is 0.308 e. The molecule has 2 aliphatic rings. The molecular weight excluding hydrogens is 266 g/mol. The maximum atomic E-state index is 12.9. The van der Waals surface area contributed by atoms with Crippen LogP contribution >= 0.6 is 0 Å². The summed E-state index contributed by atoms with van der Waals surface area (Å²) in [5.41, 5.74) is 0.212. The summed E-state index contributed by atoms with van der Waals surface area (Å²) in [6.45, 7) is 9.31. The molecule has 1 saturated carbocycles. The van der Waals surface area contributed by atoms with Crippen molar-refractivity contribution >= 4 is 11.9 Å². The number of aliphatic carboxylic acids is 1. The van der Waals surface area contributed by atoms with Crippen LogP contribution in [-0.2, 0) is 9.59 Å². The molecule has 0 aromatic heterocycles. The van der Waals surface area contributed by atoms with Gasteiger partial charge >= 0.3 is 5.97 Å². The van der Waals surface area contributed by atoms with E-state index in [1.807, 2.05) is 11.8 Å². The van der Waals surface area contributed by atoms with Crippen LogP contribution in [0.15, 0.2) is 0 Å². The van der Waals surface area contributed by atoms with Crippen LogP contribution in [0.4, 0.5) is 0 Å². The molecule has 4 nitrogen and oxygen atoms in total. The number of hydrogen-bond donors (Lipinski definition) is 1. The van der Waals surface area contributed by atoms with Crippen molar-refractivity contribution in [3.05, 3.63) is 0 Å². The standard InChI is InChI=1S/C17H29NO3/c1-11-8-13(10-17(3,4)9-11)15(19)18-7-5-6-14(12(18)2)16(20)21/h11-14H,5-10H2,1-4H3,(H,20,21)/t11?,12-,13?,14-/m0/s1. The molecule has 0 aromatic carbocycles. The fraction of sp³-hybridized carbons (Fsp3) is 0.882. The highest BCUT2D eigenvalue weighted by Crippen LogP contribution is 2.43. The summed E-state index contributed by atoms with van der Waals surface area (Å²) in [7, 11) is 0. The van der Waals surface area contributed by atoms with Gasteiger partial charge in [0, 0.05) is 18.5 Å². The summed E-state index contributed by atoms with van der Waals surface area (Å²) >= 11 is 0. The average Bonchev–Trinajstić information content (AvgIpc) is 2.35. The molecule has 2 rings (SSSR count). The van der Waals surface area contributed by atoms with Crippen molar-refractivity contribution in [1.82, 2.24) is 4.90 Å². The number of amides is 1. The van der Waals surface area contributed by atoms with Gasteiger partial charge in [0.05, 0.1) is 5.92 Å². The third-order valence-corrected chi connectivity index (χ3v) is 5.32. The van der Waals surface area contributed by atoms with E-state index < -0.39 is 11.9 Å². The zero-order valence-electron chi connectivity index (χ0n) is 13.8. The first-order valence-corrected chi connectivity index (χ1v) is 8.24. The molecule has 0 aromatic rings. The molecule has 0 bridgehead atoms. The van der Waals surface area contributed by atoms with Crippen LogP contribution in [0.1, 0.15) is 59.8 Å². The minimum absolute atomic E-state index is 0.0683.